The summed E-state index contributed by atoms with van der Waals surface area (Å²) in [6.07, 6.45) is 3.28. The summed E-state index contributed by atoms with van der Waals surface area (Å²) in [5, 5.41) is 3.44. The van der Waals surface area contributed by atoms with Gasteiger partial charge in [0.15, 0.2) is 5.96 Å². The van der Waals surface area contributed by atoms with E-state index in [2.05, 4.69) is 26.4 Å². The van der Waals surface area contributed by atoms with Crippen LogP contribution >= 0.6 is 11.8 Å². The Hall–Kier alpha value is -0.990. The van der Waals surface area contributed by atoms with Crippen molar-refractivity contribution in [1.29, 1.82) is 0 Å². The molecule has 1 N–H and O–H groups in total. The number of carbonyl (C=O) groups is 1. The number of piperazine rings is 1. The monoisotopic (exact) mass is 357 g/mol. The molecule has 0 spiro atoms. The van der Waals surface area contributed by atoms with Crippen LogP contribution in [0.2, 0.25) is 0 Å². The van der Waals surface area contributed by atoms with Crippen molar-refractivity contribution in [3.63, 3.8) is 0 Å². The molecule has 0 aromatic rings. The fraction of sp³-hybridized carbons (Fsp3) is 0.875. The predicted molar refractivity (Wildman–Crippen MR) is 99.8 cm³/mol. The third kappa shape index (κ3) is 6.14. The smallest absolute Gasteiger partial charge is 0.236 e. The van der Waals surface area contributed by atoms with Crippen molar-refractivity contribution < 1.29 is 9.53 Å². The van der Waals surface area contributed by atoms with Crippen LogP contribution in [0.1, 0.15) is 6.42 Å². The van der Waals surface area contributed by atoms with Crippen LogP contribution in [0, 0.1) is 0 Å². The van der Waals surface area contributed by atoms with E-state index in [1.54, 1.807) is 0 Å². The Morgan fingerprint density at radius 3 is 2.46 bits per heavy atom. The molecular formula is C16H31N5O2S. The molecule has 0 aromatic carbocycles. The molecule has 2 rings (SSSR count). The number of rotatable bonds is 6. The molecule has 2 fully saturated rings. The van der Waals surface area contributed by atoms with E-state index in [0.717, 1.165) is 58.2 Å². The number of morpholine rings is 1. The minimum atomic E-state index is 0.228. The topological polar surface area (TPSA) is 60.4 Å². The number of guanidine groups is 1. The molecule has 2 heterocycles. The van der Waals surface area contributed by atoms with Gasteiger partial charge in [-0.3, -0.25) is 14.7 Å². The Morgan fingerprint density at radius 1 is 1.12 bits per heavy atom. The molecular weight excluding hydrogens is 326 g/mol. The zero-order valence-corrected chi connectivity index (χ0v) is 15.8. The minimum Gasteiger partial charge on any atom is -0.378 e. The average Bonchev–Trinajstić information content (AvgIpc) is 2.63. The van der Waals surface area contributed by atoms with Crippen molar-refractivity contribution in [1.82, 2.24) is 20.0 Å². The average molecular weight is 358 g/mol. The van der Waals surface area contributed by atoms with Gasteiger partial charge in [-0.05, 0) is 18.4 Å². The molecule has 138 valence electrons. The van der Waals surface area contributed by atoms with Gasteiger partial charge < -0.3 is 19.9 Å². The third-order valence-corrected chi connectivity index (χ3v) is 5.11. The van der Waals surface area contributed by atoms with E-state index in [0.29, 0.717) is 19.8 Å². The number of hydrogen-bond acceptors (Lipinski definition) is 5. The zero-order chi connectivity index (χ0) is 17.2. The lowest BCUT2D eigenvalue weighted by Gasteiger charge is -2.37. The lowest BCUT2D eigenvalue weighted by molar-refractivity contribution is -0.136. The first-order valence-corrected chi connectivity index (χ1v) is 10.2. The maximum Gasteiger partial charge on any atom is 0.236 e. The highest BCUT2D eigenvalue weighted by atomic mass is 32.2. The summed E-state index contributed by atoms with van der Waals surface area (Å²) in [6.45, 7) is 7.91. The molecule has 0 aliphatic carbocycles. The standard InChI is InChI=1S/C16H31N5O2S/c1-17-16(18-4-3-13-24-2)21-7-5-19(6-8-21)14-15(22)20-9-11-23-12-10-20/h3-14H2,1-2H3,(H,17,18). The highest BCUT2D eigenvalue weighted by Gasteiger charge is 2.24. The van der Waals surface area contributed by atoms with E-state index in [1.165, 1.54) is 5.75 Å². The van der Waals surface area contributed by atoms with E-state index in [9.17, 15) is 4.79 Å². The van der Waals surface area contributed by atoms with Crippen molar-refractivity contribution in [2.45, 2.75) is 6.42 Å². The predicted octanol–water partition coefficient (Wildman–Crippen LogP) is -0.209. The lowest BCUT2D eigenvalue weighted by atomic mass is 10.3. The Morgan fingerprint density at radius 2 is 1.83 bits per heavy atom. The highest BCUT2D eigenvalue weighted by molar-refractivity contribution is 7.98. The van der Waals surface area contributed by atoms with Crippen LogP contribution in [-0.2, 0) is 9.53 Å². The number of hydrogen-bond donors (Lipinski definition) is 1. The number of ether oxygens (including phenoxy) is 1. The Labute approximate surface area is 149 Å². The number of thioether (sulfide) groups is 1. The van der Waals surface area contributed by atoms with E-state index in [1.807, 2.05) is 23.7 Å². The van der Waals surface area contributed by atoms with Crippen LogP contribution in [0.3, 0.4) is 0 Å². The van der Waals surface area contributed by atoms with Gasteiger partial charge in [0.2, 0.25) is 5.91 Å². The third-order valence-electron chi connectivity index (χ3n) is 4.41. The first-order chi connectivity index (χ1) is 11.7. The molecule has 2 aliphatic heterocycles. The maximum absolute atomic E-state index is 12.3. The summed E-state index contributed by atoms with van der Waals surface area (Å²) in [5.74, 6) is 2.38. The van der Waals surface area contributed by atoms with Crippen molar-refractivity contribution in [3.05, 3.63) is 0 Å². The summed E-state index contributed by atoms with van der Waals surface area (Å²) in [6, 6.07) is 0. The second kappa shape index (κ2) is 10.8. The molecule has 0 saturated carbocycles. The van der Waals surface area contributed by atoms with E-state index >= 15 is 0 Å². The lowest BCUT2D eigenvalue weighted by Crippen LogP contribution is -2.55. The van der Waals surface area contributed by atoms with Gasteiger partial charge in [-0.25, -0.2) is 0 Å². The largest absolute Gasteiger partial charge is 0.378 e. The van der Waals surface area contributed by atoms with Crippen molar-refractivity contribution in [2.24, 2.45) is 4.99 Å². The second-order valence-corrected chi connectivity index (χ2v) is 7.06. The molecule has 0 atom stereocenters. The van der Waals surface area contributed by atoms with Gasteiger partial charge in [-0.15, -0.1) is 0 Å². The first kappa shape index (κ1) is 19.3. The van der Waals surface area contributed by atoms with Gasteiger partial charge in [0.25, 0.3) is 0 Å². The molecule has 8 heteroatoms. The van der Waals surface area contributed by atoms with Gasteiger partial charge in [0.1, 0.15) is 0 Å². The summed E-state index contributed by atoms with van der Waals surface area (Å²) in [4.78, 5) is 23.2. The molecule has 2 saturated heterocycles. The van der Waals surface area contributed by atoms with Crippen molar-refractivity contribution in [2.75, 3.05) is 84.6 Å². The van der Waals surface area contributed by atoms with Crippen LogP contribution in [-0.4, -0.2) is 111 Å². The molecule has 0 aromatic heterocycles. The van der Waals surface area contributed by atoms with Crippen LogP contribution in [0.4, 0.5) is 0 Å². The highest BCUT2D eigenvalue weighted by Crippen LogP contribution is 2.05. The Balaban J connectivity index is 1.69. The Bertz CT molecular complexity index is 407. The fourth-order valence-corrected chi connectivity index (χ4v) is 3.40. The minimum absolute atomic E-state index is 0.228. The van der Waals surface area contributed by atoms with Crippen LogP contribution in [0.15, 0.2) is 4.99 Å². The molecule has 2 aliphatic rings. The van der Waals surface area contributed by atoms with Crippen LogP contribution in [0.5, 0.6) is 0 Å². The summed E-state index contributed by atoms with van der Waals surface area (Å²) >= 11 is 1.87. The molecule has 1 amide bonds. The molecule has 0 bridgehead atoms. The SMILES string of the molecule is CN=C(NCCCSC)N1CCN(CC(=O)N2CCOCC2)CC1. The van der Waals surface area contributed by atoms with E-state index in [-0.39, 0.29) is 5.91 Å². The van der Waals surface area contributed by atoms with Crippen LogP contribution < -0.4 is 5.32 Å². The zero-order valence-electron chi connectivity index (χ0n) is 15.0. The van der Waals surface area contributed by atoms with E-state index in [4.69, 9.17) is 4.74 Å². The molecule has 0 unspecified atom stereocenters. The maximum atomic E-state index is 12.3. The van der Waals surface area contributed by atoms with Crippen molar-refractivity contribution >= 4 is 23.6 Å². The number of amides is 1. The van der Waals surface area contributed by atoms with Gasteiger partial charge in [0, 0.05) is 52.9 Å². The molecule has 0 radical (unpaired) electrons. The molecule has 7 nitrogen and oxygen atoms in total. The number of aliphatic imine (C=N–C) groups is 1. The van der Waals surface area contributed by atoms with Gasteiger partial charge >= 0.3 is 0 Å². The van der Waals surface area contributed by atoms with Gasteiger partial charge in [-0.2, -0.15) is 11.8 Å². The number of nitrogens with zero attached hydrogens (tertiary/aromatic N) is 4. The molecule has 24 heavy (non-hydrogen) atoms. The number of nitrogens with one attached hydrogen (secondary N) is 1. The number of carbonyl (C=O) groups excluding carboxylic acids is 1. The quantitative estimate of drug-likeness (QED) is 0.403. The first-order valence-electron chi connectivity index (χ1n) is 8.77. The normalized spacial score (nSPS) is 20.3. The summed E-state index contributed by atoms with van der Waals surface area (Å²) in [5.41, 5.74) is 0. The summed E-state index contributed by atoms with van der Waals surface area (Å²) in [7, 11) is 1.84. The van der Waals surface area contributed by atoms with Gasteiger partial charge in [0.05, 0.1) is 19.8 Å². The Kier molecular flexibility index (Phi) is 8.69. The van der Waals surface area contributed by atoms with Crippen molar-refractivity contribution in [3.8, 4) is 0 Å². The second-order valence-electron chi connectivity index (χ2n) is 6.08. The fourth-order valence-electron chi connectivity index (χ4n) is 2.97. The van der Waals surface area contributed by atoms with Gasteiger partial charge in [-0.1, -0.05) is 0 Å². The summed E-state index contributed by atoms with van der Waals surface area (Å²) < 4.78 is 5.30. The van der Waals surface area contributed by atoms with E-state index < -0.39 is 0 Å². The van der Waals surface area contributed by atoms with Crippen LogP contribution in [0.25, 0.3) is 0 Å².